The molecule has 0 fully saturated rings. The van der Waals surface area contributed by atoms with Crippen molar-refractivity contribution in [2.24, 2.45) is 0 Å². The molecule has 32 heavy (non-hydrogen) atoms. The van der Waals surface area contributed by atoms with Crippen molar-refractivity contribution < 1.29 is 17.9 Å². The highest BCUT2D eigenvalue weighted by Gasteiger charge is 2.20. The molecule has 3 aromatic carbocycles. The van der Waals surface area contributed by atoms with Gasteiger partial charge < -0.3 is 10.1 Å². The number of hydrogen-bond donors (Lipinski definition) is 2. The number of methoxy groups -OCH3 is 1. The molecule has 168 valence electrons. The van der Waals surface area contributed by atoms with Gasteiger partial charge in [0, 0.05) is 5.02 Å². The van der Waals surface area contributed by atoms with E-state index >= 15 is 0 Å². The van der Waals surface area contributed by atoms with Gasteiger partial charge in [-0.25, -0.2) is 8.42 Å². The zero-order chi connectivity index (χ0) is 23.6. The van der Waals surface area contributed by atoms with Crippen LogP contribution < -0.4 is 14.8 Å². The van der Waals surface area contributed by atoms with Gasteiger partial charge in [-0.05, 0) is 68.3 Å². The molecule has 0 radical (unpaired) electrons. The van der Waals surface area contributed by atoms with E-state index in [9.17, 15) is 13.2 Å². The highest BCUT2D eigenvalue weighted by molar-refractivity contribution is 7.92. The van der Waals surface area contributed by atoms with Gasteiger partial charge in [-0.15, -0.1) is 0 Å². The zero-order valence-electron chi connectivity index (χ0n) is 17.9. The van der Waals surface area contributed by atoms with E-state index in [1.807, 2.05) is 32.9 Å². The number of sulfonamides is 1. The number of amides is 1. The number of carbonyl (C=O) groups is 1. The SMILES string of the molecule is COc1ccc(S(=O)(=O)Nc2c(C)cc(C)cc2C)cc1NC(=O)c1ccc(Cl)cc1Cl. The molecule has 0 heterocycles. The largest absolute Gasteiger partial charge is 0.495 e. The average molecular weight is 493 g/mol. The second-order valence-electron chi connectivity index (χ2n) is 7.32. The van der Waals surface area contributed by atoms with Crippen molar-refractivity contribution in [3.05, 3.63) is 80.8 Å². The highest BCUT2D eigenvalue weighted by atomic mass is 35.5. The van der Waals surface area contributed by atoms with E-state index in [1.165, 1.54) is 43.5 Å². The van der Waals surface area contributed by atoms with Gasteiger partial charge in [-0.1, -0.05) is 40.9 Å². The van der Waals surface area contributed by atoms with E-state index in [4.69, 9.17) is 27.9 Å². The van der Waals surface area contributed by atoms with Crippen LogP contribution in [0.5, 0.6) is 5.75 Å². The van der Waals surface area contributed by atoms with E-state index in [2.05, 4.69) is 10.0 Å². The van der Waals surface area contributed by atoms with Crippen LogP contribution >= 0.6 is 23.2 Å². The van der Waals surface area contributed by atoms with Crippen LogP contribution in [0.15, 0.2) is 53.4 Å². The van der Waals surface area contributed by atoms with Gasteiger partial charge in [0.05, 0.1) is 34.0 Å². The van der Waals surface area contributed by atoms with Crippen molar-refractivity contribution in [3.8, 4) is 5.75 Å². The number of nitrogens with one attached hydrogen (secondary N) is 2. The normalized spacial score (nSPS) is 11.2. The third-order valence-electron chi connectivity index (χ3n) is 4.82. The number of rotatable bonds is 6. The summed E-state index contributed by atoms with van der Waals surface area (Å²) in [4.78, 5) is 12.7. The van der Waals surface area contributed by atoms with E-state index in [0.29, 0.717) is 16.5 Å². The Morgan fingerprint density at radius 3 is 2.19 bits per heavy atom. The molecule has 0 aliphatic carbocycles. The summed E-state index contributed by atoms with van der Waals surface area (Å²) >= 11 is 12.0. The van der Waals surface area contributed by atoms with Crippen molar-refractivity contribution in [1.82, 2.24) is 0 Å². The number of aryl methyl sites for hydroxylation is 3. The summed E-state index contributed by atoms with van der Waals surface area (Å²) in [5.74, 6) is -0.234. The van der Waals surface area contributed by atoms with Gasteiger partial charge in [0.2, 0.25) is 0 Å². The van der Waals surface area contributed by atoms with Crippen molar-refractivity contribution in [3.63, 3.8) is 0 Å². The van der Waals surface area contributed by atoms with Gasteiger partial charge in [-0.2, -0.15) is 0 Å². The van der Waals surface area contributed by atoms with Crippen LogP contribution in [0.2, 0.25) is 10.0 Å². The Morgan fingerprint density at radius 2 is 1.59 bits per heavy atom. The quantitative estimate of drug-likeness (QED) is 0.443. The molecule has 0 atom stereocenters. The number of anilines is 2. The maximum absolute atomic E-state index is 13.1. The Labute approximate surface area is 197 Å². The fraction of sp³-hybridized carbons (Fsp3) is 0.174. The van der Waals surface area contributed by atoms with Crippen molar-refractivity contribution in [1.29, 1.82) is 0 Å². The van der Waals surface area contributed by atoms with Gasteiger partial charge in [0.25, 0.3) is 15.9 Å². The molecule has 0 bridgehead atoms. The standard InChI is InChI=1S/C23H22Cl2N2O4S/c1-13-9-14(2)22(15(3)10-13)27-32(29,30)17-6-8-21(31-4)20(12-17)26-23(28)18-7-5-16(24)11-19(18)25/h5-12,27H,1-4H3,(H,26,28). The number of ether oxygens (including phenoxy) is 1. The van der Waals surface area contributed by atoms with Crippen molar-refractivity contribution >= 4 is 50.5 Å². The van der Waals surface area contributed by atoms with Gasteiger partial charge in [0.1, 0.15) is 5.75 Å². The Bertz CT molecular complexity index is 1280. The molecule has 2 N–H and O–H groups in total. The van der Waals surface area contributed by atoms with Crippen LogP contribution in [-0.2, 0) is 10.0 Å². The first-order chi connectivity index (χ1) is 15.0. The number of halogens is 2. The molecule has 0 saturated heterocycles. The smallest absolute Gasteiger partial charge is 0.261 e. The molecule has 6 nitrogen and oxygen atoms in total. The van der Waals surface area contributed by atoms with Crippen LogP contribution in [0.1, 0.15) is 27.0 Å². The molecule has 0 aliphatic rings. The molecular formula is C23H22Cl2N2O4S. The Kier molecular flexibility index (Phi) is 7.03. The number of hydrogen-bond acceptors (Lipinski definition) is 4. The molecule has 0 saturated carbocycles. The third kappa shape index (κ3) is 5.18. The van der Waals surface area contributed by atoms with Crippen molar-refractivity contribution in [2.45, 2.75) is 25.7 Å². The summed E-state index contributed by atoms with van der Waals surface area (Å²) in [6.45, 7) is 5.63. The molecule has 0 aliphatic heterocycles. The second kappa shape index (κ2) is 9.40. The number of carbonyl (C=O) groups excluding carboxylic acids is 1. The number of benzene rings is 3. The Morgan fingerprint density at radius 1 is 0.938 bits per heavy atom. The van der Waals surface area contributed by atoms with Gasteiger partial charge in [-0.3, -0.25) is 9.52 Å². The minimum Gasteiger partial charge on any atom is -0.495 e. The molecule has 9 heteroatoms. The lowest BCUT2D eigenvalue weighted by Crippen LogP contribution is -2.17. The fourth-order valence-corrected chi connectivity index (χ4v) is 5.07. The van der Waals surface area contributed by atoms with Crippen LogP contribution in [0, 0.1) is 20.8 Å². The monoisotopic (exact) mass is 492 g/mol. The zero-order valence-corrected chi connectivity index (χ0v) is 20.2. The molecule has 0 aromatic heterocycles. The van der Waals surface area contributed by atoms with Crippen LogP contribution in [0.25, 0.3) is 0 Å². The van der Waals surface area contributed by atoms with Crippen LogP contribution in [0.4, 0.5) is 11.4 Å². The first-order valence-corrected chi connectivity index (χ1v) is 11.8. The molecule has 3 aromatic rings. The molecule has 3 rings (SSSR count). The third-order valence-corrected chi connectivity index (χ3v) is 6.71. The molecular weight excluding hydrogens is 471 g/mol. The minimum atomic E-state index is -3.93. The van der Waals surface area contributed by atoms with E-state index in [0.717, 1.165) is 16.7 Å². The lowest BCUT2D eigenvalue weighted by molar-refractivity contribution is 0.102. The van der Waals surface area contributed by atoms with Gasteiger partial charge >= 0.3 is 0 Å². The molecule has 1 amide bonds. The Balaban J connectivity index is 1.96. The minimum absolute atomic E-state index is 0.0322. The summed E-state index contributed by atoms with van der Waals surface area (Å²) in [6.07, 6.45) is 0. The summed E-state index contributed by atoms with van der Waals surface area (Å²) in [7, 11) is -2.51. The first-order valence-electron chi connectivity index (χ1n) is 9.57. The van der Waals surface area contributed by atoms with Crippen LogP contribution in [-0.4, -0.2) is 21.4 Å². The lowest BCUT2D eigenvalue weighted by Gasteiger charge is -2.16. The second-order valence-corrected chi connectivity index (χ2v) is 9.85. The highest BCUT2D eigenvalue weighted by Crippen LogP contribution is 2.31. The maximum atomic E-state index is 13.1. The van der Waals surface area contributed by atoms with Gasteiger partial charge in [0.15, 0.2) is 0 Å². The molecule has 0 unspecified atom stereocenters. The topological polar surface area (TPSA) is 84.5 Å². The summed E-state index contributed by atoms with van der Waals surface area (Å²) in [6, 6.07) is 12.5. The first kappa shape index (κ1) is 23.9. The predicted molar refractivity (Wildman–Crippen MR) is 129 cm³/mol. The van der Waals surface area contributed by atoms with Crippen LogP contribution in [0.3, 0.4) is 0 Å². The van der Waals surface area contributed by atoms with E-state index in [1.54, 1.807) is 0 Å². The predicted octanol–water partition coefficient (Wildman–Crippen LogP) is 5.98. The molecule has 0 spiro atoms. The summed E-state index contributed by atoms with van der Waals surface area (Å²) < 4.78 is 34.1. The van der Waals surface area contributed by atoms with E-state index in [-0.39, 0.29) is 21.2 Å². The van der Waals surface area contributed by atoms with E-state index < -0.39 is 15.9 Å². The Hall–Kier alpha value is -2.74. The maximum Gasteiger partial charge on any atom is 0.261 e. The average Bonchev–Trinajstić information content (AvgIpc) is 2.70. The fourth-order valence-electron chi connectivity index (χ4n) is 3.35. The lowest BCUT2D eigenvalue weighted by atomic mass is 10.1. The summed E-state index contributed by atoms with van der Waals surface area (Å²) in [5, 5.41) is 3.23. The summed E-state index contributed by atoms with van der Waals surface area (Å²) in [5.41, 5.74) is 3.55. The van der Waals surface area contributed by atoms with Crippen molar-refractivity contribution in [2.75, 3.05) is 17.1 Å².